The Bertz CT molecular complexity index is 1120. The first-order valence-corrected chi connectivity index (χ1v) is 11.2. The first kappa shape index (κ1) is 22.6. The van der Waals surface area contributed by atoms with Crippen molar-refractivity contribution in [2.24, 2.45) is 0 Å². The van der Waals surface area contributed by atoms with Crippen LogP contribution in [-0.2, 0) is 4.84 Å². The molecule has 2 atom stereocenters. The summed E-state index contributed by atoms with van der Waals surface area (Å²) in [5, 5.41) is 12.3. The number of unbranched alkanes of at least 4 members (excludes halogenated alkanes) is 1. The molecule has 1 amide bonds. The molecule has 7 heteroatoms. The van der Waals surface area contributed by atoms with Gasteiger partial charge in [0.1, 0.15) is 11.9 Å². The highest BCUT2D eigenvalue weighted by Crippen LogP contribution is 2.37. The van der Waals surface area contributed by atoms with E-state index in [-0.39, 0.29) is 30.0 Å². The van der Waals surface area contributed by atoms with E-state index in [1.807, 2.05) is 47.5 Å². The fourth-order valence-electron chi connectivity index (χ4n) is 4.46. The molecule has 170 valence electrons. The van der Waals surface area contributed by atoms with Crippen molar-refractivity contribution in [2.45, 2.75) is 31.7 Å². The number of anilines is 1. The number of amides is 1. The third kappa shape index (κ3) is 4.76. The van der Waals surface area contributed by atoms with Crippen LogP contribution < -0.4 is 10.8 Å². The van der Waals surface area contributed by atoms with E-state index in [2.05, 4.69) is 23.8 Å². The molecule has 1 unspecified atom stereocenters. The van der Waals surface area contributed by atoms with E-state index in [4.69, 9.17) is 10.1 Å². The van der Waals surface area contributed by atoms with E-state index in [1.54, 1.807) is 0 Å². The number of nitriles is 1. The Kier molecular flexibility index (Phi) is 7.06. The zero-order valence-corrected chi connectivity index (χ0v) is 18.6. The summed E-state index contributed by atoms with van der Waals surface area (Å²) < 4.78 is 13.6. The second-order valence-corrected chi connectivity index (χ2v) is 8.19. The zero-order valence-electron chi connectivity index (χ0n) is 18.6. The minimum Gasteiger partial charge on any atom is -0.387 e. The number of rotatable bonds is 8. The summed E-state index contributed by atoms with van der Waals surface area (Å²) in [6.45, 7) is 3.73. The van der Waals surface area contributed by atoms with Gasteiger partial charge in [-0.2, -0.15) is 5.26 Å². The number of allylic oxidation sites excluding steroid dienone is 2. The van der Waals surface area contributed by atoms with Gasteiger partial charge < -0.3 is 10.2 Å². The van der Waals surface area contributed by atoms with Crippen molar-refractivity contribution in [3.63, 3.8) is 0 Å². The molecule has 2 aromatic rings. The standard InChI is InChI=1S/C26H27FN4O2/c1-2-3-13-31-25(18-7-6-12-29-16-18)23(21-8-4-5-9-22(21)26(31)32)17-33-30-20-10-11-24(27)19(14-20)15-28/h4-12,14,23,25,29-30H,2-3,13,16-17H2,1H3/t23-,25?/m0/s1. The molecule has 0 radical (unpaired) electrons. The van der Waals surface area contributed by atoms with E-state index in [9.17, 15) is 9.18 Å². The highest BCUT2D eigenvalue weighted by molar-refractivity contribution is 5.98. The number of carbonyl (C=O) groups excluding carboxylic acids is 1. The van der Waals surface area contributed by atoms with Gasteiger partial charge in [-0.25, -0.2) is 4.39 Å². The van der Waals surface area contributed by atoms with Crippen LogP contribution in [0.5, 0.6) is 0 Å². The van der Waals surface area contributed by atoms with Crippen LogP contribution in [-0.4, -0.2) is 36.5 Å². The zero-order chi connectivity index (χ0) is 23.2. The van der Waals surface area contributed by atoms with Crippen LogP contribution in [0.15, 0.2) is 66.4 Å². The van der Waals surface area contributed by atoms with E-state index >= 15 is 0 Å². The molecule has 0 bridgehead atoms. The average molecular weight is 447 g/mol. The summed E-state index contributed by atoms with van der Waals surface area (Å²) in [6, 6.07) is 13.5. The molecule has 2 N–H and O–H groups in total. The second-order valence-electron chi connectivity index (χ2n) is 8.19. The highest BCUT2D eigenvalue weighted by atomic mass is 19.1. The second kappa shape index (κ2) is 10.3. The van der Waals surface area contributed by atoms with Crippen LogP contribution in [0.4, 0.5) is 10.1 Å². The normalized spacial score (nSPS) is 19.4. The minimum atomic E-state index is -0.570. The van der Waals surface area contributed by atoms with Gasteiger partial charge >= 0.3 is 0 Å². The molecule has 0 fully saturated rings. The number of halogens is 1. The van der Waals surface area contributed by atoms with Gasteiger partial charge in [0.25, 0.3) is 5.91 Å². The summed E-state index contributed by atoms with van der Waals surface area (Å²) in [6.07, 6.45) is 7.83. The van der Waals surface area contributed by atoms with Crippen molar-refractivity contribution in [3.8, 4) is 6.07 Å². The van der Waals surface area contributed by atoms with Crippen LogP contribution in [0.3, 0.4) is 0 Å². The monoisotopic (exact) mass is 446 g/mol. The molecule has 0 spiro atoms. The van der Waals surface area contributed by atoms with Crippen molar-refractivity contribution in [1.82, 2.24) is 10.2 Å². The van der Waals surface area contributed by atoms with Crippen molar-refractivity contribution < 1.29 is 14.0 Å². The third-order valence-electron chi connectivity index (χ3n) is 6.07. The minimum absolute atomic E-state index is 0.0425. The maximum atomic E-state index is 13.6. The molecular weight excluding hydrogens is 419 g/mol. The summed E-state index contributed by atoms with van der Waals surface area (Å²) in [5.41, 5.74) is 6.07. The van der Waals surface area contributed by atoms with Crippen molar-refractivity contribution in [1.29, 1.82) is 5.26 Å². The van der Waals surface area contributed by atoms with E-state index in [0.717, 1.165) is 24.0 Å². The molecule has 2 aliphatic rings. The van der Waals surface area contributed by atoms with Gasteiger partial charge in [-0.1, -0.05) is 37.6 Å². The SMILES string of the molecule is CCCCN1C(=O)c2ccccc2[C@H](CONc2ccc(F)c(C#N)c2)C1C1=CC=CNC1. The molecule has 33 heavy (non-hydrogen) atoms. The lowest BCUT2D eigenvalue weighted by molar-refractivity contribution is 0.0577. The molecule has 2 aromatic carbocycles. The number of hydrogen-bond donors (Lipinski definition) is 2. The lowest BCUT2D eigenvalue weighted by Crippen LogP contribution is -2.52. The van der Waals surface area contributed by atoms with Crippen LogP contribution in [0.25, 0.3) is 0 Å². The third-order valence-corrected chi connectivity index (χ3v) is 6.07. The lowest BCUT2D eigenvalue weighted by atomic mass is 9.79. The van der Waals surface area contributed by atoms with E-state index in [1.165, 1.54) is 18.2 Å². The van der Waals surface area contributed by atoms with Gasteiger partial charge in [-0.15, -0.1) is 0 Å². The Labute approximate surface area is 193 Å². The number of hydrogen-bond acceptors (Lipinski definition) is 5. The molecule has 0 aromatic heterocycles. The Balaban J connectivity index is 1.64. The van der Waals surface area contributed by atoms with Crippen LogP contribution in [0.1, 0.15) is 47.2 Å². The van der Waals surface area contributed by atoms with Crippen molar-refractivity contribution >= 4 is 11.6 Å². The van der Waals surface area contributed by atoms with Gasteiger partial charge in [0.15, 0.2) is 0 Å². The first-order chi connectivity index (χ1) is 16.1. The van der Waals surface area contributed by atoms with Crippen molar-refractivity contribution in [2.75, 3.05) is 25.2 Å². The number of nitrogens with zero attached hydrogens (tertiary/aromatic N) is 2. The summed E-state index contributed by atoms with van der Waals surface area (Å²) >= 11 is 0. The van der Waals surface area contributed by atoms with Crippen molar-refractivity contribution in [3.05, 3.63) is 88.9 Å². The fourth-order valence-corrected chi connectivity index (χ4v) is 4.46. The Morgan fingerprint density at radius 3 is 2.91 bits per heavy atom. The number of nitrogens with one attached hydrogen (secondary N) is 2. The van der Waals surface area contributed by atoms with Crippen LogP contribution in [0.2, 0.25) is 0 Å². The number of benzene rings is 2. The van der Waals surface area contributed by atoms with Gasteiger partial charge in [-0.3, -0.25) is 15.1 Å². The quantitative estimate of drug-likeness (QED) is 0.584. The van der Waals surface area contributed by atoms with Gasteiger partial charge in [-0.05, 0) is 54.1 Å². The van der Waals surface area contributed by atoms with E-state index < -0.39 is 5.82 Å². The smallest absolute Gasteiger partial charge is 0.254 e. The number of dihydropyridines is 1. The number of fused-ring (bicyclic) bond motifs is 1. The highest BCUT2D eigenvalue weighted by Gasteiger charge is 2.41. The molecular formula is C26H27FN4O2. The summed E-state index contributed by atoms with van der Waals surface area (Å²) in [5.74, 6) is -0.626. The summed E-state index contributed by atoms with van der Waals surface area (Å²) in [7, 11) is 0. The van der Waals surface area contributed by atoms with Crippen LogP contribution in [0, 0.1) is 17.1 Å². The first-order valence-electron chi connectivity index (χ1n) is 11.2. The molecule has 4 rings (SSSR count). The van der Waals surface area contributed by atoms with E-state index in [0.29, 0.717) is 24.3 Å². The molecule has 2 heterocycles. The molecule has 0 saturated heterocycles. The Morgan fingerprint density at radius 1 is 1.30 bits per heavy atom. The average Bonchev–Trinajstić information content (AvgIpc) is 2.86. The molecule has 6 nitrogen and oxygen atoms in total. The Hall–Kier alpha value is -3.63. The number of carbonyl (C=O) groups is 1. The summed E-state index contributed by atoms with van der Waals surface area (Å²) in [4.78, 5) is 21.3. The Morgan fingerprint density at radius 2 is 2.15 bits per heavy atom. The fraction of sp³-hybridized carbons (Fsp3) is 0.308. The maximum Gasteiger partial charge on any atom is 0.254 e. The molecule has 0 aliphatic carbocycles. The maximum absolute atomic E-state index is 13.6. The topological polar surface area (TPSA) is 77.4 Å². The van der Waals surface area contributed by atoms with Crippen LogP contribution >= 0.6 is 0 Å². The largest absolute Gasteiger partial charge is 0.387 e. The van der Waals surface area contributed by atoms with Gasteiger partial charge in [0.05, 0.1) is 23.9 Å². The van der Waals surface area contributed by atoms with Gasteiger partial charge in [0, 0.05) is 24.6 Å². The lowest BCUT2D eigenvalue weighted by Gasteiger charge is -2.43. The predicted molar refractivity (Wildman–Crippen MR) is 125 cm³/mol. The predicted octanol–water partition coefficient (Wildman–Crippen LogP) is 4.49. The molecule has 2 aliphatic heterocycles. The molecule has 0 saturated carbocycles. The van der Waals surface area contributed by atoms with Gasteiger partial charge in [0.2, 0.25) is 0 Å².